The Morgan fingerprint density at radius 1 is 1.12 bits per heavy atom. The average Bonchev–Trinajstić information content (AvgIpc) is 3.21. The molecule has 0 aliphatic heterocycles. The maximum Gasteiger partial charge on any atom is 0.276 e. The largest absolute Gasteiger partial charge is 0.484 e. The zero-order valence-electron chi connectivity index (χ0n) is 13.5. The minimum Gasteiger partial charge on any atom is -0.484 e. The zero-order valence-corrected chi connectivity index (χ0v) is 13.5. The number of carbonyl (C=O) groups excluding carboxylic acids is 2. The van der Waals surface area contributed by atoms with Crippen LogP contribution in [0, 0.1) is 29.1 Å². The monoisotopic (exact) mass is 327 g/mol. The lowest BCUT2D eigenvalue weighted by atomic mass is 9.86. The van der Waals surface area contributed by atoms with Crippen molar-refractivity contribution in [2.75, 3.05) is 6.61 Å². The molecule has 0 aromatic heterocycles. The first-order chi connectivity index (χ1) is 11.6. The van der Waals surface area contributed by atoms with Crippen molar-refractivity contribution in [2.45, 2.75) is 32.1 Å². The second-order valence-electron chi connectivity index (χ2n) is 6.66. The van der Waals surface area contributed by atoms with Crippen molar-refractivity contribution < 1.29 is 14.3 Å². The fourth-order valence-corrected chi connectivity index (χ4v) is 3.87. The minimum absolute atomic E-state index is 0.140. The summed E-state index contributed by atoms with van der Waals surface area (Å²) in [5, 5.41) is 8.71. The number of rotatable bonds is 5. The lowest BCUT2D eigenvalue weighted by molar-refractivity contribution is -0.130. The molecule has 2 amide bonds. The Morgan fingerprint density at radius 2 is 1.88 bits per heavy atom. The predicted molar refractivity (Wildman–Crippen MR) is 86.5 cm³/mol. The maximum absolute atomic E-state index is 11.9. The SMILES string of the molecule is N#Cc1ccc(OCC(=O)NNC(=O)CC2CC3CCC2C3)cc1. The Hall–Kier alpha value is -2.55. The van der Waals surface area contributed by atoms with E-state index in [0.717, 1.165) is 12.3 Å². The number of benzene rings is 1. The summed E-state index contributed by atoms with van der Waals surface area (Å²) >= 11 is 0. The topological polar surface area (TPSA) is 91.2 Å². The van der Waals surface area contributed by atoms with Crippen LogP contribution < -0.4 is 15.6 Å². The molecule has 6 heteroatoms. The van der Waals surface area contributed by atoms with Gasteiger partial charge in [0.05, 0.1) is 11.6 Å². The summed E-state index contributed by atoms with van der Waals surface area (Å²) in [7, 11) is 0. The quantitative estimate of drug-likeness (QED) is 0.808. The van der Waals surface area contributed by atoms with Crippen molar-refractivity contribution in [2.24, 2.45) is 17.8 Å². The van der Waals surface area contributed by atoms with Crippen LogP contribution in [0.3, 0.4) is 0 Å². The van der Waals surface area contributed by atoms with Crippen LogP contribution in [-0.2, 0) is 9.59 Å². The third-order valence-electron chi connectivity index (χ3n) is 5.03. The standard InChI is InChI=1S/C18H21N3O3/c19-10-12-2-5-16(6-3-12)24-11-18(23)21-20-17(22)9-15-8-13-1-4-14(15)7-13/h2-3,5-6,13-15H,1,4,7-9,11H2,(H,20,22)(H,21,23). The summed E-state index contributed by atoms with van der Waals surface area (Å²) in [6, 6.07) is 8.49. The van der Waals surface area contributed by atoms with Gasteiger partial charge in [0, 0.05) is 6.42 Å². The third kappa shape index (κ3) is 4.05. The molecule has 0 saturated heterocycles. The molecule has 2 aliphatic carbocycles. The molecule has 1 aromatic carbocycles. The first-order valence-corrected chi connectivity index (χ1v) is 8.34. The molecule has 6 nitrogen and oxygen atoms in total. The molecule has 126 valence electrons. The molecule has 0 heterocycles. The molecule has 2 aliphatic rings. The van der Waals surface area contributed by atoms with E-state index in [-0.39, 0.29) is 12.5 Å². The number of hydrazine groups is 1. The van der Waals surface area contributed by atoms with Gasteiger partial charge in [-0.3, -0.25) is 20.4 Å². The molecule has 2 N–H and O–H groups in total. The van der Waals surface area contributed by atoms with Gasteiger partial charge in [-0.05, 0) is 61.3 Å². The van der Waals surface area contributed by atoms with Gasteiger partial charge in [-0.15, -0.1) is 0 Å². The van der Waals surface area contributed by atoms with Crippen LogP contribution in [-0.4, -0.2) is 18.4 Å². The zero-order chi connectivity index (χ0) is 16.9. The molecule has 0 spiro atoms. The highest BCUT2D eigenvalue weighted by atomic mass is 16.5. The molecule has 2 saturated carbocycles. The molecule has 24 heavy (non-hydrogen) atoms. The van der Waals surface area contributed by atoms with Gasteiger partial charge in [-0.1, -0.05) is 6.42 Å². The van der Waals surface area contributed by atoms with Gasteiger partial charge < -0.3 is 4.74 Å². The van der Waals surface area contributed by atoms with E-state index in [2.05, 4.69) is 10.9 Å². The number of fused-ring (bicyclic) bond motifs is 2. The lowest BCUT2D eigenvalue weighted by Crippen LogP contribution is -2.44. The van der Waals surface area contributed by atoms with E-state index in [0.29, 0.717) is 29.6 Å². The van der Waals surface area contributed by atoms with Crippen molar-refractivity contribution in [3.05, 3.63) is 29.8 Å². The van der Waals surface area contributed by atoms with Crippen molar-refractivity contribution in [3.8, 4) is 11.8 Å². The summed E-state index contributed by atoms with van der Waals surface area (Å²) in [6.45, 7) is -0.194. The van der Waals surface area contributed by atoms with Crippen molar-refractivity contribution in [1.29, 1.82) is 5.26 Å². The smallest absolute Gasteiger partial charge is 0.276 e. The first kappa shape index (κ1) is 16.3. The van der Waals surface area contributed by atoms with E-state index < -0.39 is 5.91 Å². The summed E-state index contributed by atoms with van der Waals surface area (Å²) in [6.07, 6.45) is 5.45. The Kier molecular flexibility index (Phi) is 4.99. The summed E-state index contributed by atoms with van der Waals surface area (Å²) in [5.74, 6) is 1.91. The molecular weight excluding hydrogens is 306 g/mol. The molecule has 3 unspecified atom stereocenters. The van der Waals surface area contributed by atoms with Gasteiger partial charge >= 0.3 is 0 Å². The van der Waals surface area contributed by atoms with E-state index in [1.54, 1.807) is 24.3 Å². The van der Waals surface area contributed by atoms with Gasteiger partial charge in [-0.25, -0.2) is 0 Å². The molecule has 0 radical (unpaired) electrons. The van der Waals surface area contributed by atoms with E-state index in [1.807, 2.05) is 6.07 Å². The van der Waals surface area contributed by atoms with Gasteiger partial charge in [0.2, 0.25) is 5.91 Å². The maximum atomic E-state index is 11.9. The van der Waals surface area contributed by atoms with E-state index in [1.165, 1.54) is 19.3 Å². The Bertz CT molecular complexity index is 650. The fraction of sp³-hybridized carbons (Fsp3) is 0.500. The van der Waals surface area contributed by atoms with Crippen molar-refractivity contribution in [3.63, 3.8) is 0 Å². The van der Waals surface area contributed by atoms with Crippen LogP contribution in [0.15, 0.2) is 24.3 Å². The summed E-state index contributed by atoms with van der Waals surface area (Å²) in [4.78, 5) is 23.6. The number of carbonyl (C=O) groups is 2. The van der Waals surface area contributed by atoms with E-state index >= 15 is 0 Å². The fourth-order valence-electron chi connectivity index (χ4n) is 3.87. The van der Waals surface area contributed by atoms with E-state index in [4.69, 9.17) is 10.00 Å². The highest BCUT2D eigenvalue weighted by Crippen LogP contribution is 2.49. The molecular formula is C18H21N3O3. The number of ether oxygens (including phenoxy) is 1. The Balaban J connectivity index is 1.34. The highest BCUT2D eigenvalue weighted by molar-refractivity contribution is 5.82. The number of amides is 2. The lowest BCUT2D eigenvalue weighted by Gasteiger charge is -2.20. The molecule has 1 aromatic rings. The molecule has 3 atom stereocenters. The van der Waals surface area contributed by atoms with Crippen molar-refractivity contribution >= 4 is 11.8 Å². The summed E-state index contributed by atoms with van der Waals surface area (Å²) in [5.41, 5.74) is 5.37. The minimum atomic E-state index is -0.416. The first-order valence-electron chi connectivity index (χ1n) is 8.34. The normalized spacial score (nSPS) is 24.2. The van der Waals surface area contributed by atoms with Gasteiger partial charge in [0.1, 0.15) is 5.75 Å². The van der Waals surface area contributed by atoms with Crippen LogP contribution in [0.5, 0.6) is 5.75 Å². The number of nitriles is 1. The van der Waals surface area contributed by atoms with Crippen LogP contribution in [0.1, 0.15) is 37.7 Å². The summed E-state index contributed by atoms with van der Waals surface area (Å²) < 4.78 is 5.30. The number of hydrogen-bond donors (Lipinski definition) is 2. The van der Waals surface area contributed by atoms with Crippen LogP contribution in [0.2, 0.25) is 0 Å². The number of nitrogens with zero attached hydrogens (tertiary/aromatic N) is 1. The van der Waals surface area contributed by atoms with E-state index in [9.17, 15) is 9.59 Å². The van der Waals surface area contributed by atoms with Gasteiger partial charge in [0.25, 0.3) is 5.91 Å². The average molecular weight is 327 g/mol. The third-order valence-corrected chi connectivity index (χ3v) is 5.03. The predicted octanol–water partition coefficient (Wildman–Crippen LogP) is 1.91. The second-order valence-corrected chi connectivity index (χ2v) is 6.66. The van der Waals surface area contributed by atoms with Crippen LogP contribution in [0.4, 0.5) is 0 Å². The number of nitrogens with one attached hydrogen (secondary N) is 2. The van der Waals surface area contributed by atoms with Crippen LogP contribution in [0.25, 0.3) is 0 Å². The second kappa shape index (κ2) is 7.35. The van der Waals surface area contributed by atoms with Crippen LogP contribution >= 0.6 is 0 Å². The van der Waals surface area contributed by atoms with Crippen molar-refractivity contribution in [1.82, 2.24) is 10.9 Å². The molecule has 3 rings (SSSR count). The Labute approximate surface area is 141 Å². The number of hydrogen-bond acceptors (Lipinski definition) is 4. The molecule has 2 fully saturated rings. The van der Waals surface area contributed by atoms with Gasteiger partial charge in [0.15, 0.2) is 6.61 Å². The molecule has 2 bridgehead atoms. The van der Waals surface area contributed by atoms with Gasteiger partial charge in [-0.2, -0.15) is 5.26 Å². The highest BCUT2D eigenvalue weighted by Gasteiger charge is 2.40. The Morgan fingerprint density at radius 3 is 2.50 bits per heavy atom.